The first kappa shape index (κ1) is 13.1. The van der Waals surface area contributed by atoms with E-state index in [0.717, 1.165) is 15.8 Å². The quantitative estimate of drug-likeness (QED) is 0.909. The number of aromatic amines is 1. The second-order valence-corrected chi connectivity index (χ2v) is 4.44. The second-order valence-electron chi connectivity index (χ2n) is 4.44. The van der Waals surface area contributed by atoms with Crippen LogP contribution in [0.15, 0.2) is 39.9 Å². The Morgan fingerprint density at radius 2 is 2.00 bits per heavy atom. The van der Waals surface area contributed by atoms with E-state index in [0.29, 0.717) is 12.4 Å². The molecular formula is C14H17N3O2. The van der Waals surface area contributed by atoms with Gasteiger partial charge in [-0.1, -0.05) is 12.1 Å². The van der Waals surface area contributed by atoms with Crippen molar-refractivity contribution in [3.63, 3.8) is 0 Å². The van der Waals surface area contributed by atoms with Crippen LogP contribution < -0.4 is 16.1 Å². The van der Waals surface area contributed by atoms with E-state index in [4.69, 9.17) is 0 Å². The van der Waals surface area contributed by atoms with E-state index in [2.05, 4.69) is 4.98 Å². The molecule has 0 fully saturated rings. The molecule has 0 spiro atoms. The number of H-pyrrole nitrogens is 1. The zero-order valence-corrected chi connectivity index (χ0v) is 11.3. The van der Waals surface area contributed by atoms with Crippen LogP contribution in [0, 0.1) is 6.92 Å². The molecule has 5 nitrogen and oxygen atoms in total. The van der Waals surface area contributed by atoms with Crippen molar-refractivity contribution in [3.05, 3.63) is 56.7 Å². The lowest BCUT2D eigenvalue weighted by atomic mass is 10.2. The van der Waals surface area contributed by atoms with Gasteiger partial charge in [-0.15, -0.1) is 0 Å². The first-order chi connectivity index (χ1) is 9.02. The van der Waals surface area contributed by atoms with E-state index < -0.39 is 5.69 Å². The SMILES string of the molecule is CCN(c1cccc(C)c1)c1cc(=O)n(C)c(=O)[nH]1. The summed E-state index contributed by atoms with van der Waals surface area (Å²) in [5.41, 5.74) is 1.35. The molecule has 1 aromatic heterocycles. The zero-order chi connectivity index (χ0) is 14.0. The van der Waals surface area contributed by atoms with Crippen molar-refractivity contribution in [1.29, 1.82) is 0 Å². The summed E-state index contributed by atoms with van der Waals surface area (Å²) in [6.45, 7) is 4.63. The standard InChI is InChI=1S/C14H17N3O2/c1-4-17(11-7-5-6-10(2)8-11)12-9-13(18)16(3)14(19)15-12/h5-9H,4H2,1-3H3,(H,15,19). The number of hydrogen-bond donors (Lipinski definition) is 1. The minimum Gasteiger partial charge on any atom is -0.328 e. The number of nitrogens with one attached hydrogen (secondary N) is 1. The number of anilines is 2. The van der Waals surface area contributed by atoms with E-state index in [9.17, 15) is 9.59 Å². The highest BCUT2D eigenvalue weighted by molar-refractivity contribution is 5.60. The van der Waals surface area contributed by atoms with Crippen molar-refractivity contribution in [2.75, 3.05) is 11.4 Å². The molecule has 0 bridgehead atoms. The van der Waals surface area contributed by atoms with E-state index in [1.165, 1.54) is 13.1 Å². The van der Waals surface area contributed by atoms with Gasteiger partial charge < -0.3 is 4.90 Å². The highest BCUT2D eigenvalue weighted by Gasteiger charge is 2.10. The fourth-order valence-corrected chi connectivity index (χ4v) is 1.98. The minimum atomic E-state index is -0.409. The van der Waals surface area contributed by atoms with Gasteiger partial charge in [-0.2, -0.15) is 0 Å². The van der Waals surface area contributed by atoms with E-state index >= 15 is 0 Å². The van der Waals surface area contributed by atoms with Crippen LogP contribution in [-0.2, 0) is 7.05 Å². The molecule has 2 rings (SSSR count). The normalized spacial score (nSPS) is 10.5. The Kier molecular flexibility index (Phi) is 3.55. The van der Waals surface area contributed by atoms with Gasteiger partial charge in [0.2, 0.25) is 0 Å². The molecule has 0 unspecified atom stereocenters. The van der Waals surface area contributed by atoms with Crippen LogP contribution >= 0.6 is 0 Å². The van der Waals surface area contributed by atoms with E-state index in [1.54, 1.807) is 0 Å². The molecule has 0 saturated carbocycles. The van der Waals surface area contributed by atoms with Gasteiger partial charge in [-0.3, -0.25) is 14.3 Å². The van der Waals surface area contributed by atoms with Crippen molar-refractivity contribution < 1.29 is 0 Å². The van der Waals surface area contributed by atoms with Gasteiger partial charge in [0.15, 0.2) is 0 Å². The molecular weight excluding hydrogens is 242 g/mol. The summed E-state index contributed by atoms with van der Waals surface area (Å²) in [7, 11) is 1.45. The summed E-state index contributed by atoms with van der Waals surface area (Å²) in [5, 5.41) is 0. The number of nitrogens with zero attached hydrogens (tertiary/aromatic N) is 2. The monoisotopic (exact) mass is 259 g/mol. The Balaban J connectivity index is 2.54. The van der Waals surface area contributed by atoms with Crippen LogP contribution in [0.5, 0.6) is 0 Å². The van der Waals surface area contributed by atoms with E-state index in [1.807, 2.05) is 43.0 Å². The van der Waals surface area contributed by atoms with Gasteiger partial charge in [0, 0.05) is 25.3 Å². The van der Waals surface area contributed by atoms with Crippen LogP contribution in [0.1, 0.15) is 12.5 Å². The summed E-state index contributed by atoms with van der Waals surface area (Å²) in [6, 6.07) is 9.36. The lowest BCUT2D eigenvalue weighted by Gasteiger charge is -2.22. The molecule has 100 valence electrons. The summed E-state index contributed by atoms with van der Waals surface area (Å²) >= 11 is 0. The minimum absolute atomic E-state index is 0.315. The summed E-state index contributed by atoms with van der Waals surface area (Å²) in [6.07, 6.45) is 0. The molecule has 19 heavy (non-hydrogen) atoms. The van der Waals surface area contributed by atoms with Crippen LogP contribution in [0.2, 0.25) is 0 Å². The van der Waals surface area contributed by atoms with Gasteiger partial charge in [0.25, 0.3) is 5.56 Å². The Morgan fingerprint density at radius 3 is 2.58 bits per heavy atom. The third kappa shape index (κ3) is 2.59. The third-order valence-electron chi connectivity index (χ3n) is 3.05. The lowest BCUT2D eigenvalue weighted by Crippen LogP contribution is -2.34. The van der Waals surface area contributed by atoms with E-state index in [-0.39, 0.29) is 5.56 Å². The second kappa shape index (κ2) is 5.14. The average Bonchev–Trinajstić information content (AvgIpc) is 2.37. The molecule has 1 N–H and O–H groups in total. The van der Waals surface area contributed by atoms with Crippen molar-refractivity contribution in [2.45, 2.75) is 13.8 Å². The van der Waals surface area contributed by atoms with Crippen molar-refractivity contribution in [1.82, 2.24) is 9.55 Å². The first-order valence-electron chi connectivity index (χ1n) is 6.17. The fraction of sp³-hybridized carbons (Fsp3) is 0.286. The molecule has 0 aliphatic rings. The largest absolute Gasteiger partial charge is 0.329 e. The predicted octanol–water partition coefficient (Wildman–Crippen LogP) is 1.54. The van der Waals surface area contributed by atoms with Gasteiger partial charge in [-0.25, -0.2) is 4.79 Å². The number of aryl methyl sites for hydroxylation is 1. The molecule has 2 aromatic rings. The fourth-order valence-electron chi connectivity index (χ4n) is 1.98. The van der Waals surface area contributed by atoms with Crippen LogP contribution in [0.25, 0.3) is 0 Å². The molecule has 0 aliphatic heterocycles. The number of hydrogen-bond acceptors (Lipinski definition) is 3. The third-order valence-corrected chi connectivity index (χ3v) is 3.05. The summed E-state index contributed by atoms with van der Waals surface area (Å²) in [5.74, 6) is 0.515. The lowest BCUT2D eigenvalue weighted by molar-refractivity contribution is 0.769. The molecule has 5 heteroatoms. The van der Waals surface area contributed by atoms with Crippen LogP contribution in [0.4, 0.5) is 11.5 Å². The van der Waals surface area contributed by atoms with Crippen molar-refractivity contribution in [3.8, 4) is 0 Å². The molecule has 0 radical (unpaired) electrons. The maximum atomic E-state index is 11.7. The van der Waals surface area contributed by atoms with Crippen molar-refractivity contribution in [2.24, 2.45) is 7.05 Å². The molecule has 0 atom stereocenters. The Morgan fingerprint density at radius 1 is 1.26 bits per heavy atom. The van der Waals surface area contributed by atoms with Gasteiger partial charge in [0.1, 0.15) is 5.82 Å². The molecule has 0 aliphatic carbocycles. The first-order valence-corrected chi connectivity index (χ1v) is 6.17. The molecule has 1 heterocycles. The van der Waals surface area contributed by atoms with Crippen LogP contribution in [0.3, 0.4) is 0 Å². The van der Waals surface area contributed by atoms with Gasteiger partial charge in [0.05, 0.1) is 0 Å². The average molecular weight is 259 g/mol. The summed E-state index contributed by atoms with van der Waals surface area (Å²) < 4.78 is 1.05. The Hall–Kier alpha value is -2.30. The number of rotatable bonds is 3. The predicted molar refractivity (Wildman–Crippen MR) is 76.2 cm³/mol. The molecule has 0 saturated heterocycles. The molecule has 1 aromatic carbocycles. The maximum absolute atomic E-state index is 11.7. The highest BCUT2D eigenvalue weighted by Crippen LogP contribution is 2.22. The zero-order valence-electron chi connectivity index (χ0n) is 11.3. The highest BCUT2D eigenvalue weighted by atomic mass is 16.2. The van der Waals surface area contributed by atoms with Gasteiger partial charge in [-0.05, 0) is 31.5 Å². The number of aromatic nitrogens is 2. The number of benzene rings is 1. The maximum Gasteiger partial charge on any atom is 0.329 e. The smallest absolute Gasteiger partial charge is 0.328 e. The molecule has 0 amide bonds. The topological polar surface area (TPSA) is 58.1 Å². The Bertz CT molecular complexity index is 669. The van der Waals surface area contributed by atoms with Gasteiger partial charge >= 0.3 is 5.69 Å². The Labute approximate surface area is 111 Å². The summed E-state index contributed by atoms with van der Waals surface area (Å²) in [4.78, 5) is 28.0. The van der Waals surface area contributed by atoms with Crippen LogP contribution in [-0.4, -0.2) is 16.1 Å². The van der Waals surface area contributed by atoms with Crippen molar-refractivity contribution >= 4 is 11.5 Å².